The quantitative estimate of drug-likeness (QED) is 0.655. The minimum Gasteiger partial charge on any atom is -0.472 e. The second kappa shape index (κ2) is 7.98. The smallest absolute Gasteiger partial charge is 0.275 e. The largest absolute Gasteiger partial charge is 0.472 e. The number of piperidine rings is 1. The van der Waals surface area contributed by atoms with E-state index >= 15 is 0 Å². The van der Waals surface area contributed by atoms with Crippen LogP contribution in [0, 0.1) is 19.8 Å². The molecule has 4 heterocycles. The highest BCUT2D eigenvalue weighted by Gasteiger charge is 2.56. The van der Waals surface area contributed by atoms with Gasteiger partial charge < -0.3 is 14.7 Å². The Bertz CT molecular complexity index is 1120. The van der Waals surface area contributed by atoms with Crippen molar-refractivity contribution < 1.29 is 14.6 Å². The van der Waals surface area contributed by atoms with Gasteiger partial charge >= 0.3 is 0 Å². The molecule has 1 aliphatic carbocycles. The summed E-state index contributed by atoms with van der Waals surface area (Å²) >= 11 is 0. The minimum atomic E-state index is -0.663. The van der Waals surface area contributed by atoms with Gasteiger partial charge in [0.15, 0.2) is 5.69 Å². The molecule has 3 aromatic rings. The second-order valence-electron chi connectivity index (χ2n) is 8.71. The molecule has 1 N–H and O–H groups in total. The SMILES string of the molecule is Cc1ccc(OC2CC3CC2N(C(=O)c2nc(C)ccc2-n2nccn2)C3C(C)O)nc1. The van der Waals surface area contributed by atoms with Gasteiger partial charge in [0.2, 0.25) is 5.88 Å². The number of aliphatic hydroxyl groups excluding tert-OH is 1. The number of aliphatic hydroxyl groups is 1. The number of hydrogen-bond acceptors (Lipinski definition) is 7. The monoisotopic (exact) mass is 434 g/mol. The number of carbonyl (C=O) groups excluding carboxylic acids is 1. The second-order valence-corrected chi connectivity index (χ2v) is 8.71. The van der Waals surface area contributed by atoms with Crippen molar-refractivity contribution in [3.8, 4) is 11.6 Å². The number of pyridine rings is 2. The summed E-state index contributed by atoms with van der Waals surface area (Å²) in [5.74, 6) is 0.448. The average molecular weight is 435 g/mol. The first-order valence-corrected chi connectivity index (χ1v) is 10.9. The Hall–Kier alpha value is -3.33. The van der Waals surface area contributed by atoms with Crippen molar-refractivity contribution in [3.05, 3.63) is 59.8 Å². The summed E-state index contributed by atoms with van der Waals surface area (Å²) < 4.78 is 6.20. The molecule has 1 saturated heterocycles. The maximum absolute atomic E-state index is 13.9. The zero-order valence-corrected chi connectivity index (χ0v) is 18.3. The molecule has 5 unspecified atom stereocenters. The highest BCUT2D eigenvalue weighted by Crippen LogP contribution is 2.46. The zero-order valence-electron chi connectivity index (χ0n) is 18.3. The van der Waals surface area contributed by atoms with Crippen LogP contribution in [0.5, 0.6) is 5.88 Å². The van der Waals surface area contributed by atoms with Crippen LogP contribution in [-0.2, 0) is 0 Å². The molecule has 5 atom stereocenters. The number of carbonyl (C=O) groups is 1. The Morgan fingerprint density at radius 1 is 1.16 bits per heavy atom. The molecule has 2 bridgehead atoms. The normalized spacial score (nSPS) is 25.2. The lowest BCUT2D eigenvalue weighted by Crippen LogP contribution is -2.55. The number of fused-ring (bicyclic) bond motifs is 2. The third-order valence-electron chi connectivity index (χ3n) is 6.41. The van der Waals surface area contributed by atoms with Gasteiger partial charge in [-0.1, -0.05) is 6.07 Å². The Morgan fingerprint density at radius 2 is 1.94 bits per heavy atom. The van der Waals surface area contributed by atoms with Crippen LogP contribution in [0.15, 0.2) is 42.9 Å². The number of amides is 1. The maximum atomic E-state index is 13.9. The number of hydrogen-bond donors (Lipinski definition) is 1. The van der Waals surface area contributed by atoms with Crippen molar-refractivity contribution in [2.75, 3.05) is 0 Å². The molecule has 3 aromatic heterocycles. The fourth-order valence-electron chi connectivity index (χ4n) is 5.08. The van der Waals surface area contributed by atoms with Gasteiger partial charge in [-0.15, -0.1) is 4.80 Å². The van der Waals surface area contributed by atoms with Crippen LogP contribution in [0.4, 0.5) is 0 Å². The summed E-state index contributed by atoms with van der Waals surface area (Å²) in [4.78, 5) is 25.9. The van der Waals surface area contributed by atoms with Gasteiger partial charge in [0.1, 0.15) is 11.8 Å². The van der Waals surface area contributed by atoms with Crippen LogP contribution in [-0.4, -0.2) is 65.2 Å². The number of aryl methyl sites for hydroxylation is 2. The van der Waals surface area contributed by atoms with E-state index in [1.807, 2.05) is 32.0 Å². The van der Waals surface area contributed by atoms with Gasteiger partial charge in [-0.05, 0) is 57.2 Å². The summed E-state index contributed by atoms with van der Waals surface area (Å²) in [6.07, 6.45) is 5.58. The first kappa shape index (κ1) is 20.6. The van der Waals surface area contributed by atoms with Crippen LogP contribution >= 0.6 is 0 Å². The van der Waals surface area contributed by atoms with Gasteiger partial charge in [0.25, 0.3) is 5.91 Å². The highest BCUT2D eigenvalue weighted by atomic mass is 16.5. The third-order valence-corrected chi connectivity index (χ3v) is 6.41. The molecule has 0 aromatic carbocycles. The molecule has 9 heteroatoms. The molecule has 2 fully saturated rings. The van der Waals surface area contributed by atoms with Gasteiger partial charge in [-0.3, -0.25) is 4.79 Å². The number of ether oxygens (including phenoxy) is 1. The number of likely N-dealkylation sites (tertiary alicyclic amines) is 1. The minimum absolute atomic E-state index is 0.149. The maximum Gasteiger partial charge on any atom is 0.275 e. The van der Waals surface area contributed by atoms with Gasteiger partial charge in [0.05, 0.1) is 30.6 Å². The molecule has 5 rings (SSSR count). The van der Waals surface area contributed by atoms with Crippen LogP contribution in [0.2, 0.25) is 0 Å². The highest BCUT2D eigenvalue weighted by molar-refractivity contribution is 5.96. The Labute approximate surface area is 186 Å². The molecular weight excluding hydrogens is 408 g/mol. The number of nitrogens with zero attached hydrogens (tertiary/aromatic N) is 6. The van der Waals surface area contributed by atoms with E-state index in [1.165, 1.54) is 4.80 Å². The van der Waals surface area contributed by atoms with Gasteiger partial charge in [-0.25, -0.2) is 9.97 Å². The third kappa shape index (κ3) is 3.52. The first-order chi connectivity index (χ1) is 15.4. The van der Waals surface area contributed by atoms with E-state index in [0.717, 1.165) is 24.1 Å². The number of rotatable bonds is 5. The van der Waals surface area contributed by atoms with E-state index in [0.29, 0.717) is 11.6 Å². The Kier molecular flexibility index (Phi) is 5.13. The van der Waals surface area contributed by atoms with Crippen molar-refractivity contribution in [3.63, 3.8) is 0 Å². The molecule has 32 heavy (non-hydrogen) atoms. The Balaban J connectivity index is 1.49. The van der Waals surface area contributed by atoms with Crippen LogP contribution < -0.4 is 4.74 Å². The van der Waals surface area contributed by atoms with Crippen LogP contribution in [0.1, 0.15) is 41.5 Å². The van der Waals surface area contributed by atoms with Crippen molar-refractivity contribution in [2.45, 2.75) is 57.9 Å². The van der Waals surface area contributed by atoms with Gasteiger partial charge in [-0.2, -0.15) is 10.2 Å². The summed E-state index contributed by atoms with van der Waals surface area (Å²) in [7, 11) is 0. The fraction of sp³-hybridized carbons (Fsp3) is 0.435. The predicted octanol–water partition coefficient (Wildman–Crippen LogP) is 2.11. The Morgan fingerprint density at radius 3 is 2.62 bits per heavy atom. The van der Waals surface area contributed by atoms with Gasteiger partial charge in [0, 0.05) is 18.0 Å². The van der Waals surface area contributed by atoms with Crippen LogP contribution in [0.25, 0.3) is 5.69 Å². The van der Waals surface area contributed by atoms with E-state index in [9.17, 15) is 9.90 Å². The molecule has 1 amide bonds. The van der Waals surface area contributed by atoms with E-state index in [4.69, 9.17) is 4.74 Å². The van der Waals surface area contributed by atoms with Crippen molar-refractivity contribution >= 4 is 5.91 Å². The summed E-state index contributed by atoms with van der Waals surface area (Å²) in [5, 5.41) is 18.9. The molecule has 0 radical (unpaired) electrons. The zero-order chi connectivity index (χ0) is 22.4. The summed E-state index contributed by atoms with van der Waals surface area (Å²) in [6, 6.07) is 6.97. The molecule has 166 valence electrons. The standard InChI is InChI=1S/C23H26N6O3/c1-13-4-7-20(24-12-13)32-19-11-16-10-18(19)28(22(16)15(3)30)23(31)21-17(6-5-14(2)27-21)29-25-8-9-26-29/h4-9,12,15-16,18-19,22,30H,10-11H2,1-3H3. The average Bonchev–Trinajstić information content (AvgIpc) is 3.51. The lowest BCUT2D eigenvalue weighted by molar-refractivity contribution is -0.00684. The van der Waals surface area contributed by atoms with E-state index in [1.54, 1.807) is 36.5 Å². The fourth-order valence-corrected chi connectivity index (χ4v) is 5.08. The van der Waals surface area contributed by atoms with Crippen molar-refractivity contribution in [1.82, 2.24) is 29.9 Å². The van der Waals surface area contributed by atoms with Crippen molar-refractivity contribution in [2.24, 2.45) is 5.92 Å². The van der Waals surface area contributed by atoms with E-state index in [-0.39, 0.29) is 35.7 Å². The number of aromatic nitrogens is 5. The first-order valence-electron chi connectivity index (χ1n) is 10.9. The lowest BCUT2D eigenvalue weighted by atomic mass is 9.93. The molecule has 9 nitrogen and oxygen atoms in total. The topological polar surface area (TPSA) is 106 Å². The lowest BCUT2D eigenvalue weighted by Gasteiger charge is -2.40. The molecule has 1 saturated carbocycles. The van der Waals surface area contributed by atoms with Crippen LogP contribution in [0.3, 0.4) is 0 Å². The van der Waals surface area contributed by atoms with Crippen molar-refractivity contribution in [1.29, 1.82) is 0 Å². The molecule has 0 spiro atoms. The van der Waals surface area contributed by atoms with E-state index < -0.39 is 6.10 Å². The molecule has 2 aliphatic rings. The van der Waals surface area contributed by atoms with E-state index in [2.05, 4.69) is 20.2 Å². The summed E-state index contributed by atoms with van der Waals surface area (Å²) in [6.45, 7) is 5.56. The summed E-state index contributed by atoms with van der Waals surface area (Å²) in [5.41, 5.74) is 2.56. The predicted molar refractivity (Wildman–Crippen MR) is 115 cm³/mol. The molecule has 1 aliphatic heterocycles. The molecular formula is C23H26N6O3.